The Bertz CT molecular complexity index is 553. The van der Waals surface area contributed by atoms with Crippen LogP contribution in [0.25, 0.3) is 0 Å². The van der Waals surface area contributed by atoms with Gasteiger partial charge in [-0.05, 0) is 31.0 Å². The Morgan fingerprint density at radius 3 is 2.79 bits per heavy atom. The summed E-state index contributed by atoms with van der Waals surface area (Å²) in [4.78, 5) is 12.1. The lowest BCUT2D eigenvalue weighted by Crippen LogP contribution is -2.54. The number of nitrogens with one attached hydrogen (secondary N) is 1. The van der Waals surface area contributed by atoms with Crippen LogP contribution in [0.5, 0.6) is 0 Å². The first-order valence-corrected chi connectivity index (χ1v) is 7.73. The van der Waals surface area contributed by atoms with Gasteiger partial charge in [-0.3, -0.25) is 4.79 Å². The maximum atomic E-state index is 13.6. The standard InChI is InChI=1S/C16H19F5N2O/c17-6-8-23(15(24)16(19,20)21)13-5-7-22-14(10-13)11-3-1-2-4-12(18)9-11/h1-3,9,13-14,22H,4-8,10H2. The largest absolute Gasteiger partial charge is 0.471 e. The molecule has 0 aromatic rings. The van der Waals surface area contributed by atoms with E-state index in [4.69, 9.17) is 0 Å². The highest BCUT2D eigenvalue weighted by atomic mass is 19.4. The molecular weight excluding hydrogens is 331 g/mol. The second-order valence-electron chi connectivity index (χ2n) is 5.76. The first-order valence-electron chi connectivity index (χ1n) is 7.73. The van der Waals surface area contributed by atoms with Gasteiger partial charge < -0.3 is 10.2 Å². The van der Waals surface area contributed by atoms with Gasteiger partial charge in [-0.1, -0.05) is 18.2 Å². The van der Waals surface area contributed by atoms with Gasteiger partial charge in [-0.25, -0.2) is 8.78 Å². The number of carbonyl (C=O) groups excluding carboxylic acids is 1. The van der Waals surface area contributed by atoms with E-state index in [9.17, 15) is 26.7 Å². The van der Waals surface area contributed by atoms with E-state index < -0.39 is 31.3 Å². The zero-order valence-corrected chi connectivity index (χ0v) is 13.0. The Balaban J connectivity index is 2.16. The number of allylic oxidation sites excluding steroid dienone is 4. The van der Waals surface area contributed by atoms with Crippen LogP contribution >= 0.6 is 0 Å². The topological polar surface area (TPSA) is 32.3 Å². The van der Waals surface area contributed by atoms with Gasteiger partial charge in [0.05, 0.1) is 0 Å². The van der Waals surface area contributed by atoms with Gasteiger partial charge in [0.25, 0.3) is 0 Å². The number of alkyl halides is 4. The van der Waals surface area contributed by atoms with Gasteiger partial charge in [-0.2, -0.15) is 13.2 Å². The Morgan fingerprint density at radius 1 is 1.38 bits per heavy atom. The van der Waals surface area contributed by atoms with E-state index in [0.717, 1.165) is 0 Å². The fraction of sp³-hybridized carbons (Fsp3) is 0.562. The van der Waals surface area contributed by atoms with E-state index >= 15 is 0 Å². The van der Waals surface area contributed by atoms with Crippen LogP contribution in [-0.4, -0.2) is 48.8 Å². The van der Waals surface area contributed by atoms with Crippen LogP contribution in [0.4, 0.5) is 22.0 Å². The van der Waals surface area contributed by atoms with Gasteiger partial charge in [0.1, 0.15) is 12.5 Å². The molecule has 0 radical (unpaired) electrons. The summed E-state index contributed by atoms with van der Waals surface area (Å²) in [7, 11) is 0. The monoisotopic (exact) mass is 350 g/mol. The summed E-state index contributed by atoms with van der Waals surface area (Å²) >= 11 is 0. The van der Waals surface area contributed by atoms with Crippen molar-refractivity contribution in [2.75, 3.05) is 19.8 Å². The van der Waals surface area contributed by atoms with E-state index in [1.165, 1.54) is 6.08 Å². The lowest BCUT2D eigenvalue weighted by atomic mass is 9.92. The van der Waals surface area contributed by atoms with Crippen LogP contribution < -0.4 is 5.32 Å². The van der Waals surface area contributed by atoms with E-state index in [1.54, 1.807) is 18.2 Å². The van der Waals surface area contributed by atoms with Crippen molar-refractivity contribution in [2.45, 2.75) is 37.5 Å². The average molecular weight is 350 g/mol. The molecule has 1 aliphatic carbocycles. The van der Waals surface area contributed by atoms with Crippen molar-refractivity contribution >= 4 is 5.91 Å². The third-order valence-electron chi connectivity index (χ3n) is 4.11. The molecular formula is C16H19F5N2O. The van der Waals surface area contributed by atoms with Crippen LogP contribution in [0.2, 0.25) is 0 Å². The molecule has 0 bridgehead atoms. The second kappa shape index (κ2) is 7.92. The lowest BCUT2D eigenvalue weighted by molar-refractivity contribution is -0.188. The predicted octanol–water partition coefficient (Wildman–Crippen LogP) is 3.21. The summed E-state index contributed by atoms with van der Waals surface area (Å²) in [6.07, 6.45) is 1.95. The molecule has 2 aliphatic rings. The zero-order chi connectivity index (χ0) is 17.7. The van der Waals surface area contributed by atoms with Gasteiger partial charge in [0.15, 0.2) is 0 Å². The molecule has 1 amide bonds. The van der Waals surface area contributed by atoms with Crippen molar-refractivity contribution in [2.24, 2.45) is 0 Å². The highest BCUT2D eigenvalue weighted by Crippen LogP contribution is 2.27. The van der Waals surface area contributed by atoms with Gasteiger partial charge in [0.2, 0.25) is 0 Å². The molecule has 2 rings (SSSR count). The summed E-state index contributed by atoms with van der Waals surface area (Å²) in [5.41, 5.74) is 0.602. The third-order valence-corrected chi connectivity index (χ3v) is 4.11. The molecule has 1 aliphatic heterocycles. The lowest BCUT2D eigenvalue weighted by Gasteiger charge is -2.38. The van der Waals surface area contributed by atoms with E-state index in [0.29, 0.717) is 17.0 Å². The molecule has 1 fully saturated rings. The molecule has 2 unspecified atom stereocenters. The van der Waals surface area contributed by atoms with Crippen LogP contribution in [0.3, 0.4) is 0 Å². The number of hydrogen-bond donors (Lipinski definition) is 1. The summed E-state index contributed by atoms with van der Waals surface area (Å²) in [5, 5.41) is 3.12. The Hall–Kier alpha value is -1.70. The molecule has 1 heterocycles. The quantitative estimate of drug-likeness (QED) is 0.790. The van der Waals surface area contributed by atoms with E-state index in [1.807, 2.05) is 0 Å². The highest BCUT2D eigenvalue weighted by Gasteiger charge is 2.45. The maximum absolute atomic E-state index is 13.6. The normalized spacial score (nSPS) is 24.9. The molecule has 24 heavy (non-hydrogen) atoms. The van der Waals surface area contributed by atoms with Gasteiger partial charge in [0, 0.05) is 25.0 Å². The van der Waals surface area contributed by atoms with Crippen LogP contribution in [0.15, 0.2) is 35.7 Å². The summed E-state index contributed by atoms with van der Waals surface area (Å²) in [5.74, 6) is -2.37. The highest BCUT2D eigenvalue weighted by molar-refractivity contribution is 5.82. The molecule has 8 heteroatoms. The molecule has 1 saturated heterocycles. The number of halogens is 5. The minimum atomic E-state index is -5.04. The Kier molecular flexibility index (Phi) is 6.15. The van der Waals surface area contributed by atoms with Crippen molar-refractivity contribution in [3.05, 3.63) is 35.7 Å². The minimum Gasteiger partial charge on any atom is -0.329 e. The van der Waals surface area contributed by atoms with Gasteiger partial charge >= 0.3 is 12.1 Å². The summed E-state index contributed by atoms with van der Waals surface area (Å²) in [6.45, 7) is -1.28. The van der Waals surface area contributed by atoms with Crippen LogP contribution in [0.1, 0.15) is 19.3 Å². The molecule has 0 aromatic carbocycles. The maximum Gasteiger partial charge on any atom is 0.471 e. The first-order chi connectivity index (χ1) is 11.3. The fourth-order valence-corrected chi connectivity index (χ4v) is 3.00. The van der Waals surface area contributed by atoms with Crippen molar-refractivity contribution in [1.29, 1.82) is 0 Å². The molecule has 0 spiro atoms. The van der Waals surface area contributed by atoms with Crippen molar-refractivity contribution in [1.82, 2.24) is 10.2 Å². The molecule has 1 N–H and O–H groups in total. The number of hydrogen-bond acceptors (Lipinski definition) is 2. The van der Waals surface area contributed by atoms with E-state index in [-0.39, 0.29) is 31.1 Å². The number of piperidine rings is 1. The Morgan fingerprint density at radius 2 is 2.12 bits per heavy atom. The first kappa shape index (κ1) is 18.6. The SMILES string of the molecule is O=C(N(CCF)C1CCNC(C2=CC=CCC(F)=C2)C1)C(F)(F)F. The van der Waals surface area contributed by atoms with Crippen LogP contribution in [0, 0.1) is 0 Å². The number of rotatable bonds is 4. The minimum absolute atomic E-state index is 0.163. The summed E-state index contributed by atoms with van der Waals surface area (Å²) < 4.78 is 64.4. The molecule has 134 valence electrons. The van der Waals surface area contributed by atoms with Crippen molar-refractivity contribution in [3.8, 4) is 0 Å². The number of amides is 1. The predicted molar refractivity (Wildman–Crippen MR) is 79.6 cm³/mol. The van der Waals surface area contributed by atoms with Crippen molar-refractivity contribution < 1.29 is 26.7 Å². The third kappa shape index (κ3) is 4.66. The molecule has 0 saturated carbocycles. The molecule has 0 aromatic heterocycles. The summed E-state index contributed by atoms with van der Waals surface area (Å²) in [6, 6.07) is -1.13. The van der Waals surface area contributed by atoms with Gasteiger partial charge in [-0.15, -0.1) is 0 Å². The zero-order valence-electron chi connectivity index (χ0n) is 13.0. The average Bonchev–Trinajstić information content (AvgIpc) is 2.76. The molecule has 3 nitrogen and oxygen atoms in total. The van der Waals surface area contributed by atoms with Crippen LogP contribution in [-0.2, 0) is 4.79 Å². The number of carbonyl (C=O) groups is 1. The second-order valence-corrected chi connectivity index (χ2v) is 5.76. The van der Waals surface area contributed by atoms with Crippen molar-refractivity contribution in [3.63, 3.8) is 0 Å². The Labute approximate surface area is 136 Å². The fourth-order valence-electron chi connectivity index (χ4n) is 3.00. The number of nitrogens with zero attached hydrogens (tertiary/aromatic N) is 1. The van der Waals surface area contributed by atoms with E-state index in [2.05, 4.69) is 5.32 Å². The smallest absolute Gasteiger partial charge is 0.329 e. The molecule has 2 atom stereocenters.